The molecule has 0 radical (unpaired) electrons. The van der Waals surface area contributed by atoms with Crippen LogP contribution in [0.2, 0.25) is 0 Å². The standard InChI is InChI=1S/C15H26O4/c1-4-18-13(16)11-15(3,14(17)19-5-2)12-9-7-6-8-10-12/h12H,4-11H2,1-3H3. The molecule has 4 nitrogen and oxygen atoms in total. The van der Waals surface area contributed by atoms with Crippen molar-refractivity contribution in [2.75, 3.05) is 13.2 Å². The quantitative estimate of drug-likeness (QED) is 0.696. The molecule has 1 aliphatic carbocycles. The van der Waals surface area contributed by atoms with Crippen LogP contribution in [-0.2, 0) is 19.1 Å². The average molecular weight is 270 g/mol. The van der Waals surface area contributed by atoms with Gasteiger partial charge in [-0.15, -0.1) is 0 Å². The van der Waals surface area contributed by atoms with Gasteiger partial charge in [-0.3, -0.25) is 9.59 Å². The summed E-state index contributed by atoms with van der Waals surface area (Å²) in [5, 5.41) is 0. The molecule has 4 heteroatoms. The fraction of sp³-hybridized carbons (Fsp3) is 0.867. The predicted octanol–water partition coefficient (Wildman–Crippen LogP) is 3.09. The Morgan fingerprint density at radius 1 is 1.05 bits per heavy atom. The second-order valence-corrected chi connectivity index (χ2v) is 5.45. The van der Waals surface area contributed by atoms with Crippen LogP contribution in [0.1, 0.15) is 59.3 Å². The highest BCUT2D eigenvalue weighted by Crippen LogP contribution is 2.42. The summed E-state index contributed by atoms with van der Waals surface area (Å²) in [4.78, 5) is 24.1. The molecule has 0 aromatic rings. The monoisotopic (exact) mass is 270 g/mol. The minimum absolute atomic E-state index is 0.129. The molecule has 19 heavy (non-hydrogen) atoms. The lowest BCUT2D eigenvalue weighted by Gasteiger charge is -2.37. The Kier molecular flexibility index (Phi) is 6.32. The molecule has 0 aliphatic heterocycles. The van der Waals surface area contributed by atoms with Gasteiger partial charge in [0.05, 0.1) is 25.0 Å². The Balaban J connectivity index is 2.81. The third kappa shape index (κ3) is 4.22. The maximum Gasteiger partial charge on any atom is 0.312 e. The molecule has 1 saturated carbocycles. The van der Waals surface area contributed by atoms with Crippen LogP contribution in [0, 0.1) is 11.3 Å². The van der Waals surface area contributed by atoms with Crippen molar-refractivity contribution >= 4 is 11.9 Å². The van der Waals surface area contributed by atoms with E-state index in [9.17, 15) is 9.59 Å². The molecule has 0 amide bonds. The lowest BCUT2D eigenvalue weighted by atomic mass is 9.68. The van der Waals surface area contributed by atoms with E-state index in [1.807, 2.05) is 6.92 Å². The number of carbonyl (C=O) groups excluding carboxylic acids is 2. The van der Waals surface area contributed by atoms with Crippen LogP contribution in [0.25, 0.3) is 0 Å². The molecular formula is C15H26O4. The topological polar surface area (TPSA) is 52.6 Å². The van der Waals surface area contributed by atoms with Gasteiger partial charge in [0.25, 0.3) is 0 Å². The first kappa shape index (κ1) is 16.0. The first-order chi connectivity index (χ1) is 9.04. The fourth-order valence-corrected chi connectivity index (χ4v) is 2.93. The van der Waals surface area contributed by atoms with Crippen molar-refractivity contribution in [3.63, 3.8) is 0 Å². The number of carbonyl (C=O) groups is 2. The Bertz CT molecular complexity index is 307. The van der Waals surface area contributed by atoms with Gasteiger partial charge < -0.3 is 9.47 Å². The molecular weight excluding hydrogens is 244 g/mol. The van der Waals surface area contributed by atoms with Crippen molar-refractivity contribution in [1.82, 2.24) is 0 Å². The lowest BCUT2D eigenvalue weighted by molar-refractivity contribution is -0.166. The normalized spacial score (nSPS) is 19.5. The van der Waals surface area contributed by atoms with Gasteiger partial charge in [-0.25, -0.2) is 0 Å². The van der Waals surface area contributed by atoms with Crippen molar-refractivity contribution in [3.8, 4) is 0 Å². The van der Waals surface area contributed by atoms with E-state index in [0.29, 0.717) is 13.2 Å². The molecule has 0 aromatic carbocycles. The Morgan fingerprint density at radius 3 is 2.16 bits per heavy atom. The first-order valence-electron chi connectivity index (χ1n) is 7.37. The Morgan fingerprint density at radius 2 is 1.63 bits per heavy atom. The van der Waals surface area contributed by atoms with Crippen molar-refractivity contribution < 1.29 is 19.1 Å². The van der Waals surface area contributed by atoms with Crippen LogP contribution >= 0.6 is 0 Å². The summed E-state index contributed by atoms with van der Waals surface area (Å²) in [6.45, 7) is 6.13. The minimum atomic E-state index is -0.733. The van der Waals surface area contributed by atoms with E-state index in [2.05, 4.69) is 0 Å². The highest BCUT2D eigenvalue weighted by atomic mass is 16.5. The molecule has 0 saturated heterocycles. The van der Waals surface area contributed by atoms with E-state index in [-0.39, 0.29) is 24.3 Å². The molecule has 0 aromatic heterocycles. The van der Waals surface area contributed by atoms with Gasteiger partial charge in [0.1, 0.15) is 0 Å². The first-order valence-corrected chi connectivity index (χ1v) is 7.37. The van der Waals surface area contributed by atoms with Crippen LogP contribution in [0.3, 0.4) is 0 Å². The molecule has 110 valence electrons. The second kappa shape index (κ2) is 7.51. The van der Waals surface area contributed by atoms with Crippen molar-refractivity contribution in [2.45, 2.75) is 59.3 Å². The number of esters is 2. The van der Waals surface area contributed by atoms with E-state index in [1.54, 1.807) is 13.8 Å². The van der Waals surface area contributed by atoms with Crippen molar-refractivity contribution in [3.05, 3.63) is 0 Å². The summed E-state index contributed by atoms with van der Waals surface area (Å²) in [5.74, 6) is -0.330. The summed E-state index contributed by atoms with van der Waals surface area (Å²) in [5.41, 5.74) is -0.733. The maximum atomic E-state index is 12.3. The van der Waals surface area contributed by atoms with E-state index in [0.717, 1.165) is 25.7 Å². The molecule has 1 fully saturated rings. The van der Waals surface area contributed by atoms with Crippen LogP contribution < -0.4 is 0 Å². The third-order valence-electron chi connectivity index (χ3n) is 4.06. The number of rotatable bonds is 6. The predicted molar refractivity (Wildman–Crippen MR) is 72.6 cm³/mol. The molecule has 0 N–H and O–H groups in total. The van der Waals surface area contributed by atoms with Gasteiger partial charge in [-0.2, -0.15) is 0 Å². The van der Waals surface area contributed by atoms with E-state index in [4.69, 9.17) is 9.47 Å². The average Bonchev–Trinajstić information content (AvgIpc) is 2.40. The van der Waals surface area contributed by atoms with Crippen molar-refractivity contribution in [1.29, 1.82) is 0 Å². The molecule has 1 unspecified atom stereocenters. The zero-order chi connectivity index (χ0) is 14.3. The SMILES string of the molecule is CCOC(=O)CC(C)(C(=O)OCC)C1CCCCC1. The smallest absolute Gasteiger partial charge is 0.312 e. The zero-order valence-electron chi connectivity index (χ0n) is 12.4. The Labute approximate surface area is 115 Å². The van der Waals surface area contributed by atoms with Gasteiger partial charge >= 0.3 is 11.9 Å². The lowest BCUT2D eigenvalue weighted by Crippen LogP contribution is -2.40. The second-order valence-electron chi connectivity index (χ2n) is 5.45. The summed E-state index contributed by atoms with van der Waals surface area (Å²) >= 11 is 0. The Hall–Kier alpha value is -1.06. The molecule has 1 rings (SSSR count). The highest BCUT2D eigenvalue weighted by molar-refractivity contribution is 5.83. The molecule has 0 spiro atoms. The summed E-state index contributed by atoms with van der Waals surface area (Å²) in [7, 11) is 0. The van der Waals surface area contributed by atoms with Gasteiger partial charge in [-0.05, 0) is 39.5 Å². The largest absolute Gasteiger partial charge is 0.466 e. The summed E-state index contributed by atoms with van der Waals surface area (Å²) in [6, 6.07) is 0. The van der Waals surface area contributed by atoms with Gasteiger partial charge in [0.2, 0.25) is 0 Å². The fourth-order valence-electron chi connectivity index (χ4n) is 2.93. The van der Waals surface area contributed by atoms with Crippen LogP contribution in [0.4, 0.5) is 0 Å². The number of ether oxygens (including phenoxy) is 2. The van der Waals surface area contributed by atoms with Gasteiger partial charge in [0.15, 0.2) is 0 Å². The van der Waals surface area contributed by atoms with E-state index < -0.39 is 5.41 Å². The van der Waals surface area contributed by atoms with Crippen LogP contribution in [0.15, 0.2) is 0 Å². The molecule has 0 bridgehead atoms. The molecule has 1 aliphatic rings. The molecule has 1 atom stereocenters. The number of hydrogen-bond acceptors (Lipinski definition) is 4. The maximum absolute atomic E-state index is 12.3. The van der Waals surface area contributed by atoms with Gasteiger partial charge in [0, 0.05) is 0 Å². The summed E-state index contributed by atoms with van der Waals surface area (Å²) < 4.78 is 10.2. The zero-order valence-corrected chi connectivity index (χ0v) is 12.4. The number of hydrogen-bond donors (Lipinski definition) is 0. The van der Waals surface area contributed by atoms with Crippen LogP contribution in [-0.4, -0.2) is 25.2 Å². The van der Waals surface area contributed by atoms with E-state index in [1.165, 1.54) is 6.42 Å². The van der Waals surface area contributed by atoms with E-state index >= 15 is 0 Å². The highest BCUT2D eigenvalue weighted by Gasteiger charge is 2.44. The van der Waals surface area contributed by atoms with Gasteiger partial charge in [-0.1, -0.05) is 19.3 Å². The van der Waals surface area contributed by atoms with Crippen LogP contribution in [0.5, 0.6) is 0 Å². The van der Waals surface area contributed by atoms with Crippen molar-refractivity contribution in [2.24, 2.45) is 11.3 Å². The minimum Gasteiger partial charge on any atom is -0.466 e. The molecule has 0 heterocycles. The summed E-state index contributed by atoms with van der Waals surface area (Å²) in [6.07, 6.45) is 5.59. The third-order valence-corrected chi connectivity index (χ3v) is 4.06.